The van der Waals surface area contributed by atoms with E-state index in [2.05, 4.69) is 15.2 Å². The summed E-state index contributed by atoms with van der Waals surface area (Å²) in [7, 11) is 3.09. The summed E-state index contributed by atoms with van der Waals surface area (Å²) in [5.41, 5.74) is 1.72. The van der Waals surface area contributed by atoms with Crippen LogP contribution in [0.2, 0.25) is 0 Å². The number of hydrogen-bond donors (Lipinski definition) is 1. The minimum absolute atomic E-state index is 0.0480. The van der Waals surface area contributed by atoms with Crippen molar-refractivity contribution < 1.29 is 19.0 Å². The topological polar surface area (TPSA) is 86.3 Å². The molecule has 0 radical (unpaired) electrons. The number of nitrogens with one attached hydrogen (secondary N) is 1. The average molecular weight is 399 g/mol. The third-order valence-electron chi connectivity index (χ3n) is 3.95. The van der Waals surface area contributed by atoms with Crippen LogP contribution in [0.5, 0.6) is 17.2 Å². The molecule has 0 saturated heterocycles. The van der Waals surface area contributed by atoms with Crippen LogP contribution in [0.15, 0.2) is 47.6 Å². The van der Waals surface area contributed by atoms with E-state index in [1.807, 2.05) is 31.2 Å². The fraction of sp³-hybridized carbons (Fsp3) is 0.250. The van der Waals surface area contributed by atoms with Crippen molar-refractivity contribution in [3.8, 4) is 17.2 Å². The number of rotatable bonds is 9. The van der Waals surface area contributed by atoms with Crippen molar-refractivity contribution in [2.75, 3.05) is 20.0 Å². The summed E-state index contributed by atoms with van der Waals surface area (Å²) in [6.45, 7) is 2.30. The third kappa shape index (κ3) is 5.04. The summed E-state index contributed by atoms with van der Waals surface area (Å²) in [6.07, 6.45) is 0. The number of Topliss-reactive ketones (excluding diaryl/α,β-unsaturated/α-hetero) is 1. The van der Waals surface area contributed by atoms with Crippen molar-refractivity contribution in [1.82, 2.24) is 15.2 Å². The maximum absolute atomic E-state index is 12.4. The zero-order valence-electron chi connectivity index (χ0n) is 15.9. The van der Waals surface area contributed by atoms with Gasteiger partial charge in [0, 0.05) is 5.56 Å². The van der Waals surface area contributed by atoms with Gasteiger partial charge in [0.2, 0.25) is 5.16 Å². The SMILES string of the molecule is COc1ccc(C(=O)CSc2n[nH]c(COc3ccc(C)cc3)n2)cc1OC. The van der Waals surface area contributed by atoms with E-state index in [9.17, 15) is 4.79 Å². The lowest BCUT2D eigenvalue weighted by atomic mass is 10.1. The van der Waals surface area contributed by atoms with Gasteiger partial charge in [0.1, 0.15) is 12.4 Å². The van der Waals surface area contributed by atoms with Gasteiger partial charge in [0.25, 0.3) is 0 Å². The van der Waals surface area contributed by atoms with E-state index in [1.54, 1.807) is 25.3 Å². The Kier molecular flexibility index (Phi) is 6.54. The zero-order valence-corrected chi connectivity index (χ0v) is 16.7. The van der Waals surface area contributed by atoms with Gasteiger partial charge in [0.15, 0.2) is 23.1 Å². The molecular weight excluding hydrogens is 378 g/mol. The smallest absolute Gasteiger partial charge is 0.208 e. The van der Waals surface area contributed by atoms with Crippen molar-refractivity contribution in [3.63, 3.8) is 0 Å². The lowest BCUT2D eigenvalue weighted by Crippen LogP contribution is -2.03. The molecule has 3 aromatic rings. The van der Waals surface area contributed by atoms with Gasteiger partial charge in [-0.15, -0.1) is 5.10 Å². The van der Waals surface area contributed by atoms with Crippen molar-refractivity contribution >= 4 is 17.5 Å². The van der Waals surface area contributed by atoms with Gasteiger partial charge in [-0.2, -0.15) is 0 Å². The molecule has 0 aliphatic rings. The molecule has 146 valence electrons. The van der Waals surface area contributed by atoms with Crippen LogP contribution in [0.3, 0.4) is 0 Å². The molecule has 0 bridgehead atoms. The Morgan fingerprint density at radius 3 is 2.54 bits per heavy atom. The van der Waals surface area contributed by atoms with Crippen LogP contribution in [0.4, 0.5) is 0 Å². The van der Waals surface area contributed by atoms with E-state index >= 15 is 0 Å². The minimum atomic E-state index is -0.0480. The average Bonchev–Trinajstić information content (AvgIpc) is 3.19. The van der Waals surface area contributed by atoms with Crippen LogP contribution in [0.1, 0.15) is 21.7 Å². The van der Waals surface area contributed by atoms with Gasteiger partial charge >= 0.3 is 0 Å². The molecule has 3 rings (SSSR count). The van der Waals surface area contributed by atoms with Crippen LogP contribution in [-0.2, 0) is 6.61 Å². The summed E-state index contributed by atoms with van der Waals surface area (Å²) in [5.74, 6) is 2.63. The number of ether oxygens (including phenoxy) is 3. The molecule has 0 amide bonds. The third-order valence-corrected chi connectivity index (χ3v) is 4.79. The van der Waals surface area contributed by atoms with Gasteiger partial charge in [-0.25, -0.2) is 4.98 Å². The number of thioether (sulfide) groups is 1. The zero-order chi connectivity index (χ0) is 19.9. The first-order valence-corrected chi connectivity index (χ1v) is 9.56. The number of hydrogen-bond acceptors (Lipinski definition) is 7. The number of methoxy groups -OCH3 is 2. The van der Waals surface area contributed by atoms with Gasteiger partial charge in [-0.1, -0.05) is 29.5 Å². The van der Waals surface area contributed by atoms with Crippen LogP contribution in [-0.4, -0.2) is 40.9 Å². The van der Waals surface area contributed by atoms with E-state index in [1.165, 1.54) is 24.4 Å². The second-order valence-electron chi connectivity index (χ2n) is 5.95. The number of nitrogens with zero attached hydrogens (tertiary/aromatic N) is 2. The molecule has 1 aromatic heterocycles. The summed E-state index contributed by atoms with van der Waals surface area (Å²) in [5, 5.41) is 7.45. The first-order valence-electron chi connectivity index (χ1n) is 8.58. The van der Waals surface area contributed by atoms with Crippen molar-refractivity contribution in [1.29, 1.82) is 0 Å². The Labute approximate surface area is 167 Å². The van der Waals surface area contributed by atoms with Crippen LogP contribution >= 0.6 is 11.8 Å². The lowest BCUT2D eigenvalue weighted by molar-refractivity contribution is 0.102. The molecule has 0 spiro atoms. The fourth-order valence-corrected chi connectivity index (χ4v) is 3.13. The maximum Gasteiger partial charge on any atom is 0.208 e. The number of ketones is 1. The number of carbonyl (C=O) groups is 1. The van der Waals surface area contributed by atoms with Crippen molar-refractivity contribution in [3.05, 3.63) is 59.4 Å². The van der Waals surface area contributed by atoms with Gasteiger partial charge in [0.05, 0.1) is 20.0 Å². The van der Waals surface area contributed by atoms with E-state index in [4.69, 9.17) is 14.2 Å². The summed E-state index contributed by atoms with van der Waals surface area (Å²) in [4.78, 5) is 16.8. The molecular formula is C20H21N3O4S. The monoisotopic (exact) mass is 399 g/mol. The molecule has 0 unspecified atom stereocenters. The molecule has 0 atom stereocenters. The molecule has 0 fully saturated rings. The molecule has 1 heterocycles. The van der Waals surface area contributed by atoms with E-state index in [-0.39, 0.29) is 18.1 Å². The number of aryl methyl sites for hydroxylation is 1. The highest BCUT2D eigenvalue weighted by Crippen LogP contribution is 2.28. The van der Waals surface area contributed by atoms with Crippen LogP contribution in [0, 0.1) is 6.92 Å². The van der Waals surface area contributed by atoms with E-state index in [0.717, 1.165) is 5.75 Å². The molecule has 7 nitrogen and oxygen atoms in total. The highest BCUT2D eigenvalue weighted by atomic mass is 32.2. The number of aromatic nitrogens is 3. The molecule has 28 heavy (non-hydrogen) atoms. The first kappa shape index (κ1) is 19.8. The van der Waals surface area contributed by atoms with E-state index in [0.29, 0.717) is 28.0 Å². The molecule has 1 N–H and O–H groups in total. The quantitative estimate of drug-likeness (QED) is 0.434. The Morgan fingerprint density at radius 2 is 1.82 bits per heavy atom. The normalized spacial score (nSPS) is 10.5. The van der Waals surface area contributed by atoms with Gasteiger partial charge in [-0.3, -0.25) is 9.89 Å². The largest absolute Gasteiger partial charge is 0.493 e. The Balaban J connectivity index is 1.53. The Morgan fingerprint density at radius 1 is 1.07 bits per heavy atom. The Hall–Kier alpha value is -3.00. The first-order chi connectivity index (χ1) is 13.6. The number of aromatic amines is 1. The predicted molar refractivity (Wildman–Crippen MR) is 106 cm³/mol. The molecule has 0 aliphatic heterocycles. The van der Waals surface area contributed by atoms with Crippen molar-refractivity contribution in [2.24, 2.45) is 0 Å². The number of carbonyl (C=O) groups excluding carboxylic acids is 1. The molecule has 0 saturated carbocycles. The number of H-pyrrole nitrogens is 1. The standard InChI is InChI=1S/C20H21N3O4S/c1-13-4-7-15(8-5-13)27-11-19-21-20(23-22-19)28-12-16(24)14-6-9-17(25-2)18(10-14)26-3/h4-10H,11-12H2,1-3H3,(H,21,22,23). The summed E-state index contributed by atoms with van der Waals surface area (Å²) < 4.78 is 16.1. The second-order valence-corrected chi connectivity index (χ2v) is 6.89. The highest BCUT2D eigenvalue weighted by Gasteiger charge is 2.13. The maximum atomic E-state index is 12.4. The summed E-state index contributed by atoms with van der Waals surface area (Å²) >= 11 is 1.26. The van der Waals surface area contributed by atoms with Crippen LogP contribution < -0.4 is 14.2 Å². The predicted octanol–water partition coefficient (Wildman–Crippen LogP) is 3.68. The fourth-order valence-electron chi connectivity index (χ4n) is 2.42. The van der Waals surface area contributed by atoms with E-state index < -0.39 is 0 Å². The highest BCUT2D eigenvalue weighted by molar-refractivity contribution is 7.99. The van der Waals surface area contributed by atoms with Crippen LogP contribution in [0.25, 0.3) is 0 Å². The second kappa shape index (κ2) is 9.27. The molecule has 0 aliphatic carbocycles. The number of benzene rings is 2. The van der Waals surface area contributed by atoms with Gasteiger partial charge in [-0.05, 0) is 37.3 Å². The van der Waals surface area contributed by atoms with Gasteiger partial charge < -0.3 is 14.2 Å². The lowest BCUT2D eigenvalue weighted by Gasteiger charge is -2.08. The minimum Gasteiger partial charge on any atom is -0.493 e. The Bertz CT molecular complexity index is 941. The molecule has 2 aromatic carbocycles. The molecule has 8 heteroatoms. The van der Waals surface area contributed by atoms with Crippen molar-refractivity contribution in [2.45, 2.75) is 18.7 Å². The summed E-state index contributed by atoms with van der Waals surface area (Å²) in [6, 6.07) is 12.9.